The molecule has 15 heavy (non-hydrogen) atoms. The van der Waals surface area contributed by atoms with Crippen LogP contribution < -0.4 is 5.73 Å². The van der Waals surface area contributed by atoms with E-state index in [1.807, 2.05) is 0 Å². The van der Waals surface area contributed by atoms with Crippen LogP contribution in [0.25, 0.3) is 0 Å². The Hall–Kier alpha value is -0.280. The van der Waals surface area contributed by atoms with Crippen molar-refractivity contribution in [2.45, 2.75) is 36.6 Å². The molecule has 1 rings (SSSR count). The van der Waals surface area contributed by atoms with Crippen molar-refractivity contribution in [3.05, 3.63) is 0 Å². The van der Waals surface area contributed by atoms with Crippen LogP contribution in [0.5, 0.6) is 0 Å². The highest BCUT2D eigenvalue weighted by Gasteiger charge is 2.51. The van der Waals surface area contributed by atoms with Crippen molar-refractivity contribution in [2.75, 3.05) is 13.2 Å². The third-order valence-corrected chi connectivity index (χ3v) is 2.55. The van der Waals surface area contributed by atoms with E-state index in [0.29, 0.717) is 0 Å². The molecule has 90 valence electrons. The first kappa shape index (κ1) is 12.8. The van der Waals surface area contributed by atoms with Crippen LogP contribution in [0.2, 0.25) is 0 Å². The van der Waals surface area contributed by atoms with Gasteiger partial charge in [0.05, 0.1) is 6.61 Å². The minimum Gasteiger partial charge on any atom is -0.394 e. The Morgan fingerprint density at radius 3 is 2.27 bits per heavy atom. The van der Waals surface area contributed by atoms with E-state index in [1.54, 1.807) is 0 Å². The minimum atomic E-state index is -2.03. The normalized spacial score (nSPS) is 46.8. The van der Waals surface area contributed by atoms with Crippen LogP contribution in [0, 0.1) is 0 Å². The molecule has 0 aromatic heterocycles. The smallest absolute Gasteiger partial charge is 0.196 e. The second-order valence-corrected chi connectivity index (χ2v) is 3.65. The Bertz CT molecular complexity index is 213. The molecule has 0 spiro atoms. The lowest BCUT2D eigenvalue weighted by Crippen LogP contribution is -2.65. The van der Waals surface area contributed by atoms with Crippen LogP contribution in [0.4, 0.5) is 0 Å². The van der Waals surface area contributed by atoms with E-state index >= 15 is 0 Å². The van der Waals surface area contributed by atoms with Gasteiger partial charge in [-0.3, -0.25) is 0 Å². The third-order valence-electron chi connectivity index (χ3n) is 2.55. The van der Waals surface area contributed by atoms with Gasteiger partial charge in [0.15, 0.2) is 5.79 Å². The van der Waals surface area contributed by atoms with Gasteiger partial charge in [0, 0.05) is 6.42 Å². The Morgan fingerprint density at radius 2 is 1.80 bits per heavy atom. The Morgan fingerprint density at radius 1 is 1.20 bits per heavy atom. The largest absolute Gasteiger partial charge is 0.394 e. The maximum atomic E-state index is 9.80. The van der Waals surface area contributed by atoms with Crippen molar-refractivity contribution in [3.63, 3.8) is 0 Å². The molecule has 1 aliphatic rings. The molecule has 0 aliphatic carbocycles. The number of hydrogen-bond acceptors (Lipinski definition) is 7. The van der Waals surface area contributed by atoms with Gasteiger partial charge in [-0.15, -0.1) is 0 Å². The number of ether oxygens (including phenoxy) is 1. The van der Waals surface area contributed by atoms with E-state index < -0.39 is 36.8 Å². The molecule has 1 aliphatic heterocycles. The van der Waals surface area contributed by atoms with Gasteiger partial charge in [0.25, 0.3) is 0 Å². The number of hydrogen-bond donors (Lipinski definition) is 6. The summed E-state index contributed by atoms with van der Waals surface area (Å²) in [7, 11) is 0. The summed E-state index contributed by atoms with van der Waals surface area (Å²) in [5.74, 6) is -2.03. The van der Waals surface area contributed by atoms with Crippen LogP contribution in [0.15, 0.2) is 0 Å². The highest BCUT2D eigenvalue weighted by Crippen LogP contribution is 2.30. The molecule has 0 radical (unpaired) electrons. The molecule has 0 saturated carbocycles. The van der Waals surface area contributed by atoms with Crippen LogP contribution in [-0.4, -0.2) is 68.9 Å². The molecule has 7 nitrogen and oxygen atoms in total. The molecular formula is C8H17NO6. The number of aliphatic hydroxyl groups is 5. The summed E-state index contributed by atoms with van der Waals surface area (Å²) in [4.78, 5) is 0. The molecule has 7 N–H and O–H groups in total. The third kappa shape index (κ3) is 2.28. The lowest BCUT2D eigenvalue weighted by molar-refractivity contribution is -0.350. The number of nitrogens with two attached hydrogens (primary N) is 1. The average molecular weight is 223 g/mol. The maximum Gasteiger partial charge on any atom is 0.196 e. The quantitative estimate of drug-likeness (QED) is 0.292. The van der Waals surface area contributed by atoms with Crippen LogP contribution in [-0.2, 0) is 4.74 Å². The topological polar surface area (TPSA) is 136 Å². The molecule has 0 bridgehead atoms. The second kappa shape index (κ2) is 4.71. The summed E-state index contributed by atoms with van der Waals surface area (Å²) >= 11 is 0. The fourth-order valence-corrected chi connectivity index (χ4v) is 1.63. The van der Waals surface area contributed by atoms with Gasteiger partial charge in [-0.1, -0.05) is 0 Å². The highest BCUT2D eigenvalue weighted by molar-refractivity contribution is 4.95. The first-order valence-corrected chi connectivity index (χ1v) is 4.71. The summed E-state index contributed by atoms with van der Waals surface area (Å²) in [5, 5.41) is 46.9. The molecule has 0 amide bonds. The monoisotopic (exact) mass is 223 g/mol. The van der Waals surface area contributed by atoms with E-state index in [4.69, 9.17) is 15.6 Å². The van der Waals surface area contributed by atoms with E-state index in [0.717, 1.165) is 0 Å². The molecule has 0 aromatic carbocycles. The Labute approximate surface area is 86.7 Å². The van der Waals surface area contributed by atoms with Crippen molar-refractivity contribution in [1.82, 2.24) is 0 Å². The summed E-state index contributed by atoms with van der Waals surface area (Å²) in [5.41, 5.74) is 5.22. The number of rotatable bonds is 3. The molecule has 1 unspecified atom stereocenters. The minimum absolute atomic E-state index is 0.0362. The highest BCUT2D eigenvalue weighted by atomic mass is 16.7. The van der Waals surface area contributed by atoms with Gasteiger partial charge in [0.1, 0.15) is 24.4 Å². The first-order chi connectivity index (χ1) is 6.96. The molecule has 1 heterocycles. The van der Waals surface area contributed by atoms with Gasteiger partial charge in [0.2, 0.25) is 0 Å². The van der Waals surface area contributed by atoms with Crippen LogP contribution in [0.3, 0.4) is 0 Å². The van der Waals surface area contributed by atoms with Crippen molar-refractivity contribution < 1.29 is 30.3 Å². The van der Waals surface area contributed by atoms with Gasteiger partial charge in [-0.25, -0.2) is 0 Å². The van der Waals surface area contributed by atoms with E-state index in [2.05, 4.69) is 0 Å². The molecule has 5 atom stereocenters. The summed E-state index contributed by atoms with van der Waals surface area (Å²) < 4.78 is 4.92. The molecule has 1 saturated heterocycles. The zero-order valence-electron chi connectivity index (χ0n) is 8.15. The fraction of sp³-hybridized carbons (Fsp3) is 1.00. The summed E-state index contributed by atoms with van der Waals surface area (Å²) in [6.45, 7) is -0.535. The van der Waals surface area contributed by atoms with Crippen molar-refractivity contribution in [3.8, 4) is 0 Å². The van der Waals surface area contributed by atoms with Crippen molar-refractivity contribution in [1.29, 1.82) is 0 Å². The molecule has 0 aromatic rings. The van der Waals surface area contributed by atoms with Gasteiger partial charge < -0.3 is 36.0 Å². The van der Waals surface area contributed by atoms with E-state index in [9.17, 15) is 20.4 Å². The molecular weight excluding hydrogens is 206 g/mol. The van der Waals surface area contributed by atoms with Gasteiger partial charge >= 0.3 is 0 Å². The van der Waals surface area contributed by atoms with E-state index in [1.165, 1.54) is 0 Å². The maximum absolute atomic E-state index is 9.80. The fourth-order valence-electron chi connectivity index (χ4n) is 1.63. The molecule has 7 heteroatoms. The summed E-state index contributed by atoms with van der Waals surface area (Å²) in [6, 6.07) is 0. The van der Waals surface area contributed by atoms with Gasteiger partial charge in [-0.05, 0) is 6.54 Å². The van der Waals surface area contributed by atoms with Crippen LogP contribution in [0.1, 0.15) is 6.42 Å². The Kier molecular flexibility index (Phi) is 4.01. The Balaban J connectivity index is 2.82. The second-order valence-electron chi connectivity index (χ2n) is 3.65. The van der Waals surface area contributed by atoms with Crippen LogP contribution >= 0.6 is 0 Å². The number of aliphatic hydroxyl groups excluding tert-OH is 4. The van der Waals surface area contributed by atoms with Crippen molar-refractivity contribution in [2.24, 2.45) is 5.73 Å². The average Bonchev–Trinajstić information content (AvgIpc) is 2.21. The first-order valence-electron chi connectivity index (χ1n) is 4.71. The molecule has 1 fully saturated rings. The summed E-state index contributed by atoms with van der Waals surface area (Å²) in [6.07, 6.45) is -5.91. The lowest BCUT2D eigenvalue weighted by Gasteiger charge is -2.45. The zero-order valence-corrected chi connectivity index (χ0v) is 8.15. The van der Waals surface area contributed by atoms with E-state index in [-0.39, 0.29) is 13.0 Å². The van der Waals surface area contributed by atoms with Gasteiger partial charge in [-0.2, -0.15) is 0 Å². The predicted molar refractivity (Wildman–Crippen MR) is 48.6 cm³/mol. The standard InChI is InChI=1S/C8H17NO6/c9-2-1-8(14)7(13)6(12)5(11)4(3-10)15-8/h4-7,10-14H,1-3,9H2/t4-,5+,6+,7-,8?/m1/s1. The lowest BCUT2D eigenvalue weighted by atomic mass is 9.91. The predicted octanol–water partition coefficient (Wildman–Crippen LogP) is -3.50. The van der Waals surface area contributed by atoms with Crippen molar-refractivity contribution >= 4 is 0 Å². The zero-order chi connectivity index (χ0) is 11.6. The SMILES string of the molecule is NCCC1(O)O[C@H](CO)[C@H](O)[C@H](O)[C@H]1O.